The van der Waals surface area contributed by atoms with E-state index in [0.717, 1.165) is 5.56 Å². The predicted molar refractivity (Wildman–Crippen MR) is 103 cm³/mol. The molecule has 1 amide bonds. The van der Waals surface area contributed by atoms with Crippen molar-refractivity contribution in [1.82, 2.24) is 10.2 Å². The van der Waals surface area contributed by atoms with Gasteiger partial charge < -0.3 is 10.2 Å². The highest BCUT2D eigenvalue weighted by Crippen LogP contribution is 2.23. The summed E-state index contributed by atoms with van der Waals surface area (Å²) in [5.74, 6) is -0.430. The molecule has 5 nitrogen and oxygen atoms in total. The second-order valence-electron chi connectivity index (χ2n) is 8.33. The van der Waals surface area contributed by atoms with Crippen molar-refractivity contribution >= 4 is 15.7 Å². The van der Waals surface area contributed by atoms with Gasteiger partial charge in [0.1, 0.15) is 0 Å². The van der Waals surface area contributed by atoms with Crippen LogP contribution in [0.2, 0.25) is 0 Å². The molecule has 6 heteroatoms. The average Bonchev–Trinajstić information content (AvgIpc) is 2.50. The molecule has 0 atom stereocenters. The van der Waals surface area contributed by atoms with Crippen LogP contribution in [0.5, 0.6) is 0 Å². The van der Waals surface area contributed by atoms with Gasteiger partial charge in [0.25, 0.3) is 0 Å². The van der Waals surface area contributed by atoms with Crippen LogP contribution in [-0.2, 0) is 20.0 Å². The van der Waals surface area contributed by atoms with Crippen molar-refractivity contribution in [3.05, 3.63) is 29.8 Å². The molecule has 1 aromatic rings. The Hall–Kier alpha value is -1.40. The number of sulfone groups is 1. The van der Waals surface area contributed by atoms with Gasteiger partial charge in [0.15, 0.2) is 9.84 Å². The van der Waals surface area contributed by atoms with Gasteiger partial charge in [-0.2, -0.15) is 0 Å². The third-order valence-electron chi connectivity index (χ3n) is 4.61. The normalized spacial score (nSPS) is 13.1. The first-order valence-corrected chi connectivity index (χ1v) is 10.2. The molecule has 1 N–H and O–H groups in total. The van der Waals surface area contributed by atoms with Gasteiger partial charge >= 0.3 is 0 Å². The topological polar surface area (TPSA) is 66.5 Å². The fourth-order valence-electron chi connectivity index (χ4n) is 2.07. The van der Waals surface area contributed by atoms with E-state index in [4.69, 9.17) is 0 Å². The Balaban J connectivity index is 2.65. The SMILES string of the molecule is CN(C)C(C)(C)CNC(=O)CCS(=O)(=O)c1ccc(C(C)(C)C)cc1. The molecule has 142 valence electrons. The molecule has 0 radical (unpaired) electrons. The minimum Gasteiger partial charge on any atom is -0.354 e. The highest BCUT2D eigenvalue weighted by atomic mass is 32.2. The number of carbonyl (C=O) groups is 1. The maximum Gasteiger partial charge on any atom is 0.221 e. The zero-order valence-corrected chi connectivity index (χ0v) is 17.3. The minimum absolute atomic E-state index is 0.0264. The Labute approximate surface area is 152 Å². The van der Waals surface area contributed by atoms with E-state index in [1.165, 1.54) is 0 Å². The maximum absolute atomic E-state index is 12.4. The van der Waals surface area contributed by atoms with E-state index < -0.39 is 9.84 Å². The van der Waals surface area contributed by atoms with E-state index in [-0.39, 0.29) is 33.9 Å². The van der Waals surface area contributed by atoms with Crippen LogP contribution in [0.4, 0.5) is 0 Å². The van der Waals surface area contributed by atoms with Crippen LogP contribution < -0.4 is 5.32 Å². The molecule has 0 spiro atoms. The number of rotatable bonds is 7. The Morgan fingerprint density at radius 1 is 1.04 bits per heavy atom. The summed E-state index contributed by atoms with van der Waals surface area (Å²) >= 11 is 0. The number of amides is 1. The van der Waals surface area contributed by atoms with Gasteiger partial charge in [-0.15, -0.1) is 0 Å². The van der Waals surface area contributed by atoms with Gasteiger partial charge in [-0.1, -0.05) is 32.9 Å². The lowest BCUT2D eigenvalue weighted by molar-refractivity contribution is -0.121. The molecule has 0 bridgehead atoms. The number of benzene rings is 1. The molecular weight excluding hydrogens is 336 g/mol. The van der Waals surface area contributed by atoms with Crippen LogP contribution in [0.25, 0.3) is 0 Å². The van der Waals surface area contributed by atoms with Crippen LogP contribution in [0, 0.1) is 0 Å². The Morgan fingerprint density at radius 2 is 1.56 bits per heavy atom. The predicted octanol–water partition coefficient (Wildman–Crippen LogP) is 2.60. The summed E-state index contributed by atoms with van der Waals surface area (Å²) in [6.07, 6.45) is -0.0349. The largest absolute Gasteiger partial charge is 0.354 e. The van der Waals surface area contributed by atoms with Crippen molar-refractivity contribution in [2.45, 2.75) is 56.9 Å². The highest BCUT2D eigenvalue weighted by Gasteiger charge is 2.22. The fourth-order valence-corrected chi connectivity index (χ4v) is 3.31. The molecule has 0 fully saturated rings. The number of carbonyl (C=O) groups excluding carboxylic acids is 1. The van der Waals surface area contributed by atoms with Crippen molar-refractivity contribution in [2.24, 2.45) is 0 Å². The quantitative estimate of drug-likeness (QED) is 0.803. The zero-order valence-electron chi connectivity index (χ0n) is 16.5. The van der Waals surface area contributed by atoms with Gasteiger partial charge in [0, 0.05) is 18.5 Å². The second kappa shape index (κ2) is 7.87. The van der Waals surface area contributed by atoms with E-state index in [0.29, 0.717) is 6.54 Å². The van der Waals surface area contributed by atoms with Crippen molar-refractivity contribution < 1.29 is 13.2 Å². The van der Waals surface area contributed by atoms with Crippen LogP contribution in [0.15, 0.2) is 29.2 Å². The molecule has 1 aromatic carbocycles. The van der Waals surface area contributed by atoms with Crippen LogP contribution in [0.1, 0.15) is 46.6 Å². The Morgan fingerprint density at radius 3 is 2.00 bits per heavy atom. The summed E-state index contributed by atoms with van der Waals surface area (Å²) in [6, 6.07) is 6.94. The van der Waals surface area contributed by atoms with Crippen molar-refractivity contribution in [1.29, 1.82) is 0 Å². The smallest absolute Gasteiger partial charge is 0.221 e. The van der Waals surface area contributed by atoms with Gasteiger partial charge in [-0.05, 0) is 51.1 Å². The highest BCUT2D eigenvalue weighted by molar-refractivity contribution is 7.91. The Kier molecular flexibility index (Phi) is 6.81. The number of likely N-dealkylation sites (N-methyl/N-ethyl adjacent to an activating group) is 1. The lowest BCUT2D eigenvalue weighted by Gasteiger charge is -2.32. The average molecular weight is 369 g/mol. The summed E-state index contributed by atoms with van der Waals surface area (Å²) in [5.41, 5.74) is 0.869. The molecule has 0 unspecified atom stereocenters. The molecule has 0 aliphatic heterocycles. The van der Waals surface area contributed by atoms with E-state index >= 15 is 0 Å². The molecule has 1 rings (SSSR count). The lowest BCUT2D eigenvalue weighted by atomic mass is 9.87. The summed E-state index contributed by atoms with van der Waals surface area (Å²) in [4.78, 5) is 14.3. The number of nitrogens with one attached hydrogen (secondary N) is 1. The van der Waals surface area contributed by atoms with E-state index in [2.05, 4.69) is 26.1 Å². The summed E-state index contributed by atoms with van der Waals surface area (Å²) < 4.78 is 24.8. The molecule has 0 saturated heterocycles. The molecule has 0 heterocycles. The van der Waals surface area contributed by atoms with Crippen LogP contribution in [-0.4, -0.2) is 51.2 Å². The first kappa shape index (κ1) is 21.6. The second-order valence-corrected chi connectivity index (χ2v) is 10.4. The summed E-state index contributed by atoms with van der Waals surface area (Å²) in [6.45, 7) is 10.7. The van der Waals surface area contributed by atoms with Crippen molar-refractivity contribution in [3.8, 4) is 0 Å². The van der Waals surface area contributed by atoms with Crippen LogP contribution in [0.3, 0.4) is 0 Å². The lowest BCUT2D eigenvalue weighted by Crippen LogP contribution is -2.48. The van der Waals surface area contributed by atoms with Gasteiger partial charge in [-0.25, -0.2) is 8.42 Å². The number of hydrogen-bond donors (Lipinski definition) is 1. The molecule has 0 aliphatic rings. The minimum atomic E-state index is -3.46. The number of nitrogens with zero attached hydrogens (tertiary/aromatic N) is 1. The van der Waals surface area contributed by atoms with Crippen LogP contribution >= 0.6 is 0 Å². The maximum atomic E-state index is 12.4. The zero-order chi connectivity index (χ0) is 19.5. The molecule has 0 aliphatic carbocycles. The molecule has 25 heavy (non-hydrogen) atoms. The monoisotopic (exact) mass is 368 g/mol. The van der Waals surface area contributed by atoms with Gasteiger partial charge in [-0.3, -0.25) is 4.79 Å². The first-order chi connectivity index (χ1) is 11.3. The van der Waals surface area contributed by atoms with Gasteiger partial charge in [0.05, 0.1) is 10.6 Å². The molecule has 0 saturated carbocycles. The van der Waals surface area contributed by atoms with E-state index in [9.17, 15) is 13.2 Å². The van der Waals surface area contributed by atoms with Gasteiger partial charge in [0.2, 0.25) is 5.91 Å². The first-order valence-electron chi connectivity index (χ1n) is 8.53. The fraction of sp³-hybridized carbons (Fsp3) is 0.632. The molecular formula is C19H32N2O3S. The Bertz CT molecular complexity index is 684. The number of hydrogen-bond acceptors (Lipinski definition) is 4. The van der Waals surface area contributed by atoms with E-state index in [1.54, 1.807) is 12.1 Å². The summed E-state index contributed by atoms with van der Waals surface area (Å²) in [7, 11) is 0.426. The van der Waals surface area contributed by atoms with Crippen molar-refractivity contribution in [3.63, 3.8) is 0 Å². The van der Waals surface area contributed by atoms with Crippen molar-refractivity contribution in [2.75, 3.05) is 26.4 Å². The molecule has 0 aromatic heterocycles. The van der Waals surface area contributed by atoms with E-state index in [1.807, 2.05) is 45.0 Å². The third-order valence-corrected chi connectivity index (χ3v) is 6.34. The third kappa shape index (κ3) is 6.44. The summed E-state index contributed by atoms with van der Waals surface area (Å²) in [5, 5.41) is 2.81. The standard InChI is InChI=1S/C19H32N2O3S/c1-18(2,3)15-8-10-16(11-9-15)25(23,24)13-12-17(22)20-14-19(4,5)21(6)7/h8-11H,12-14H2,1-7H3,(H,20,22).